The van der Waals surface area contributed by atoms with Crippen LogP contribution >= 0.6 is 0 Å². The summed E-state index contributed by atoms with van der Waals surface area (Å²) < 4.78 is 45.3. The van der Waals surface area contributed by atoms with Crippen LogP contribution in [0, 0.1) is 0 Å². The molecule has 4 heteroatoms. The van der Waals surface area contributed by atoms with Crippen LogP contribution in [0.5, 0.6) is 0 Å². The SMILES string of the molecule is [2H]c1[nH]c2c([2H])c([2H])c([2H])c([2H])c2c1C(=O)OC1CC2CCC(C1)N2C. The van der Waals surface area contributed by atoms with Crippen LogP contribution in [0.4, 0.5) is 0 Å². The summed E-state index contributed by atoms with van der Waals surface area (Å²) in [6, 6.07) is -0.620. The lowest BCUT2D eigenvalue weighted by molar-refractivity contribution is -0.000258. The molecule has 2 saturated heterocycles. The minimum atomic E-state index is -0.694. The van der Waals surface area contributed by atoms with E-state index in [-0.39, 0.29) is 40.8 Å². The predicted octanol–water partition coefficient (Wildman–Crippen LogP) is 2.95. The van der Waals surface area contributed by atoms with Gasteiger partial charge in [-0.1, -0.05) is 18.1 Å². The lowest BCUT2D eigenvalue weighted by Gasteiger charge is -2.35. The van der Waals surface area contributed by atoms with Crippen molar-refractivity contribution in [2.45, 2.75) is 43.9 Å². The van der Waals surface area contributed by atoms with Gasteiger partial charge in [0.1, 0.15) is 6.10 Å². The van der Waals surface area contributed by atoms with E-state index in [4.69, 9.17) is 11.6 Å². The van der Waals surface area contributed by atoms with E-state index in [2.05, 4.69) is 16.9 Å². The second kappa shape index (κ2) is 4.88. The van der Waals surface area contributed by atoms with Crippen molar-refractivity contribution in [3.63, 3.8) is 0 Å². The van der Waals surface area contributed by atoms with Crippen LogP contribution in [0.15, 0.2) is 30.3 Å². The number of hydrogen-bond acceptors (Lipinski definition) is 3. The second-order valence-corrected chi connectivity index (χ2v) is 5.92. The van der Waals surface area contributed by atoms with Gasteiger partial charge in [-0.15, -0.1) is 0 Å². The molecule has 21 heavy (non-hydrogen) atoms. The van der Waals surface area contributed by atoms with Gasteiger partial charge < -0.3 is 14.6 Å². The van der Waals surface area contributed by atoms with Crippen LogP contribution < -0.4 is 0 Å². The van der Waals surface area contributed by atoms with Crippen molar-refractivity contribution < 1.29 is 16.4 Å². The molecule has 0 radical (unpaired) electrons. The van der Waals surface area contributed by atoms with E-state index in [1.807, 2.05) is 0 Å². The van der Waals surface area contributed by atoms with Crippen LogP contribution in [0.1, 0.15) is 42.9 Å². The number of fused-ring (bicyclic) bond motifs is 3. The molecule has 2 aliphatic heterocycles. The fraction of sp³-hybridized carbons (Fsp3) is 0.471. The van der Waals surface area contributed by atoms with Crippen LogP contribution in [0.25, 0.3) is 10.9 Å². The van der Waals surface area contributed by atoms with Gasteiger partial charge in [0.2, 0.25) is 0 Å². The first-order chi connectivity index (χ1) is 12.3. The van der Waals surface area contributed by atoms with Gasteiger partial charge in [0, 0.05) is 42.0 Å². The molecule has 0 amide bonds. The number of aromatic amines is 1. The lowest BCUT2D eigenvalue weighted by atomic mass is 10.0. The Morgan fingerprint density at radius 2 is 2.05 bits per heavy atom. The van der Waals surface area contributed by atoms with Crippen molar-refractivity contribution in [1.29, 1.82) is 0 Å². The highest BCUT2D eigenvalue weighted by atomic mass is 16.5. The number of ether oxygens (including phenoxy) is 1. The summed E-state index contributed by atoms with van der Waals surface area (Å²) in [5, 5.41) is 0.0295. The van der Waals surface area contributed by atoms with Crippen molar-refractivity contribution in [3.05, 3.63) is 35.9 Å². The number of para-hydroxylation sites is 1. The Labute approximate surface area is 131 Å². The summed E-state index contributed by atoms with van der Waals surface area (Å²) in [6.45, 7) is 0. The monoisotopic (exact) mass is 289 g/mol. The van der Waals surface area contributed by atoms with Crippen LogP contribution in [-0.4, -0.2) is 41.1 Å². The van der Waals surface area contributed by atoms with Crippen LogP contribution in [0.3, 0.4) is 0 Å². The van der Waals surface area contributed by atoms with Gasteiger partial charge in [0.05, 0.1) is 12.4 Å². The molecule has 2 unspecified atom stereocenters. The Bertz CT molecular complexity index is 899. The molecule has 2 bridgehead atoms. The zero-order valence-corrected chi connectivity index (χ0v) is 11.8. The first-order valence-corrected chi connectivity index (χ1v) is 7.31. The number of nitrogens with one attached hydrogen (secondary N) is 1. The molecule has 1 N–H and O–H groups in total. The van der Waals surface area contributed by atoms with E-state index in [1.165, 1.54) is 0 Å². The Kier molecular flexibility index (Phi) is 2.00. The van der Waals surface area contributed by atoms with Gasteiger partial charge in [-0.25, -0.2) is 4.79 Å². The average Bonchev–Trinajstić information content (AvgIpc) is 3.03. The van der Waals surface area contributed by atoms with Crippen molar-refractivity contribution in [2.24, 2.45) is 0 Å². The molecule has 0 spiro atoms. The molecular weight excluding hydrogens is 264 g/mol. The van der Waals surface area contributed by atoms with Crippen molar-refractivity contribution in [3.8, 4) is 0 Å². The number of benzene rings is 1. The first kappa shape index (κ1) is 8.59. The molecule has 2 aliphatic rings. The molecule has 0 saturated carbocycles. The van der Waals surface area contributed by atoms with Crippen LogP contribution in [0.2, 0.25) is 0 Å². The number of esters is 1. The number of H-pyrrole nitrogens is 1. The molecule has 3 heterocycles. The third-order valence-corrected chi connectivity index (χ3v) is 4.78. The van der Waals surface area contributed by atoms with Gasteiger partial charge in [-0.05, 0) is 25.9 Å². The summed E-state index contributed by atoms with van der Waals surface area (Å²) >= 11 is 0. The van der Waals surface area contributed by atoms with E-state index in [0.29, 0.717) is 12.1 Å². The lowest BCUT2D eigenvalue weighted by Crippen LogP contribution is -2.43. The van der Waals surface area contributed by atoms with Gasteiger partial charge in [0.25, 0.3) is 0 Å². The summed E-state index contributed by atoms with van der Waals surface area (Å²) in [7, 11) is 2.10. The minimum Gasteiger partial charge on any atom is -0.459 e. The molecule has 1 aromatic heterocycles. The van der Waals surface area contributed by atoms with Crippen molar-refractivity contribution >= 4 is 16.9 Å². The molecule has 2 atom stereocenters. The zero-order chi connectivity index (χ0) is 18.7. The van der Waals surface area contributed by atoms with E-state index < -0.39 is 18.1 Å². The molecule has 1 aromatic carbocycles. The molecule has 2 fully saturated rings. The Hall–Kier alpha value is -1.81. The van der Waals surface area contributed by atoms with Gasteiger partial charge in [-0.3, -0.25) is 0 Å². The minimum absolute atomic E-state index is 0.0295. The first-order valence-electron chi connectivity index (χ1n) is 9.81. The van der Waals surface area contributed by atoms with E-state index in [0.717, 1.165) is 25.7 Å². The number of nitrogens with zero attached hydrogens (tertiary/aromatic N) is 1. The molecule has 110 valence electrons. The average molecular weight is 289 g/mol. The van der Waals surface area contributed by atoms with E-state index in [1.54, 1.807) is 0 Å². The third-order valence-electron chi connectivity index (χ3n) is 4.78. The summed E-state index contributed by atoms with van der Waals surface area (Å²) in [5.41, 5.74) is -0.0466. The fourth-order valence-corrected chi connectivity index (χ4v) is 3.60. The number of carbonyl (C=O) groups excluding carboxylic acids is 1. The highest BCUT2D eigenvalue weighted by Crippen LogP contribution is 2.35. The van der Waals surface area contributed by atoms with E-state index in [9.17, 15) is 4.79 Å². The fourth-order valence-electron chi connectivity index (χ4n) is 3.60. The number of hydrogen-bond donors (Lipinski definition) is 1. The zero-order valence-electron chi connectivity index (χ0n) is 16.8. The van der Waals surface area contributed by atoms with Crippen LogP contribution in [-0.2, 0) is 4.74 Å². The molecular formula is C17H20N2O2. The highest BCUT2D eigenvalue weighted by Gasteiger charge is 2.40. The molecule has 0 aliphatic carbocycles. The third kappa shape index (κ3) is 2.14. The van der Waals surface area contributed by atoms with Gasteiger partial charge in [0.15, 0.2) is 0 Å². The molecule has 4 nitrogen and oxygen atoms in total. The Morgan fingerprint density at radius 3 is 2.81 bits per heavy atom. The maximum atomic E-state index is 12.8. The highest BCUT2D eigenvalue weighted by molar-refractivity contribution is 6.04. The largest absolute Gasteiger partial charge is 0.459 e. The standard InChI is InChI=1S/C17H20N2O2/c1-19-11-6-7-12(19)9-13(8-11)21-17(20)15-10-18-16-5-3-2-4-14(15)16/h2-5,10-13,18H,6-9H2,1H3/i2D,3D,4D,5D,10D. The summed E-state index contributed by atoms with van der Waals surface area (Å²) in [4.78, 5) is 17.7. The smallest absolute Gasteiger partial charge is 0.340 e. The van der Waals surface area contributed by atoms with Crippen molar-refractivity contribution in [1.82, 2.24) is 9.88 Å². The van der Waals surface area contributed by atoms with Crippen molar-refractivity contribution in [2.75, 3.05) is 7.05 Å². The normalized spacial score (nSPS) is 32.2. The topological polar surface area (TPSA) is 45.3 Å². The molecule has 2 aromatic rings. The quantitative estimate of drug-likeness (QED) is 0.865. The second-order valence-electron chi connectivity index (χ2n) is 5.92. The number of aromatic nitrogens is 1. The Balaban J connectivity index is 1.69. The molecule has 4 rings (SSSR count). The van der Waals surface area contributed by atoms with E-state index >= 15 is 0 Å². The van der Waals surface area contributed by atoms with Gasteiger partial charge in [-0.2, -0.15) is 0 Å². The van der Waals surface area contributed by atoms with Gasteiger partial charge >= 0.3 is 5.97 Å². The maximum Gasteiger partial charge on any atom is 0.340 e. The number of rotatable bonds is 2. The summed E-state index contributed by atoms with van der Waals surface area (Å²) in [6.07, 6.45) is 3.24. The number of piperidine rings is 1. The Morgan fingerprint density at radius 1 is 1.33 bits per heavy atom. The summed E-state index contributed by atoms with van der Waals surface area (Å²) in [5.74, 6) is -0.694. The maximum absolute atomic E-state index is 12.8. The number of carbonyl (C=O) groups is 1. The predicted molar refractivity (Wildman–Crippen MR) is 81.3 cm³/mol.